The van der Waals surface area contributed by atoms with Crippen LogP contribution in [-0.4, -0.2) is 23.9 Å². The van der Waals surface area contributed by atoms with Crippen LogP contribution in [0.3, 0.4) is 0 Å². The first-order chi connectivity index (χ1) is 15.2. The summed E-state index contributed by atoms with van der Waals surface area (Å²) in [4.78, 5) is 17.4. The van der Waals surface area contributed by atoms with E-state index in [1.165, 1.54) is 7.11 Å². The van der Waals surface area contributed by atoms with Crippen LogP contribution in [0.25, 0.3) is 16.8 Å². The lowest BCUT2D eigenvalue weighted by atomic mass is 10.0. The number of esters is 1. The Morgan fingerprint density at radius 2 is 1.52 bits per heavy atom. The molecule has 0 spiro atoms. The molecule has 4 aromatic rings. The van der Waals surface area contributed by atoms with Crippen molar-refractivity contribution >= 4 is 28.5 Å². The number of aliphatic imine (C=N–C) groups is 1. The molecule has 0 heterocycles. The van der Waals surface area contributed by atoms with Crippen LogP contribution in [0.15, 0.2) is 108 Å². The number of phenols is 1. The molecule has 0 amide bonds. The summed E-state index contributed by atoms with van der Waals surface area (Å²) >= 11 is 0. The number of rotatable bonds is 5. The molecule has 0 fully saturated rings. The third kappa shape index (κ3) is 4.38. The molecule has 0 radical (unpaired) electrons. The fraction of sp³-hybridized carbons (Fsp3) is 0.0370. The van der Waals surface area contributed by atoms with Gasteiger partial charge in [0.2, 0.25) is 0 Å². The number of carbonyl (C=O) groups excluding carboxylic acids is 1. The van der Waals surface area contributed by atoms with Crippen molar-refractivity contribution in [2.24, 2.45) is 4.99 Å². The van der Waals surface area contributed by atoms with Crippen LogP contribution in [-0.2, 0) is 9.53 Å². The van der Waals surface area contributed by atoms with E-state index >= 15 is 0 Å². The monoisotopic (exact) mass is 407 g/mol. The number of hydrogen-bond donors (Lipinski definition) is 1. The zero-order valence-corrected chi connectivity index (χ0v) is 17.0. The number of hydrogen-bond acceptors (Lipinski definition) is 4. The van der Waals surface area contributed by atoms with Gasteiger partial charge in [0.05, 0.1) is 12.8 Å². The molecule has 31 heavy (non-hydrogen) atoms. The van der Waals surface area contributed by atoms with Crippen LogP contribution in [0.5, 0.6) is 5.75 Å². The van der Waals surface area contributed by atoms with E-state index in [2.05, 4.69) is 0 Å². The molecule has 0 saturated heterocycles. The molecule has 1 N–H and O–H groups in total. The Bertz CT molecular complexity index is 1280. The largest absolute Gasteiger partial charge is 0.507 e. The van der Waals surface area contributed by atoms with Gasteiger partial charge in [0, 0.05) is 11.1 Å². The van der Waals surface area contributed by atoms with E-state index in [4.69, 9.17) is 9.73 Å². The number of para-hydroxylation sites is 1. The first kappa shape index (κ1) is 20.1. The lowest BCUT2D eigenvalue weighted by Crippen LogP contribution is -2.09. The number of aromatic hydroxyl groups is 1. The minimum absolute atomic E-state index is 0.0829. The molecular formula is C27H21NO3. The van der Waals surface area contributed by atoms with Gasteiger partial charge in [-0.1, -0.05) is 84.9 Å². The number of carbonyl (C=O) groups is 1. The van der Waals surface area contributed by atoms with Crippen LogP contribution in [0, 0.1) is 0 Å². The number of nitrogens with zero attached hydrogens (tertiary/aromatic N) is 1. The molecule has 4 rings (SSSR count). The van der Waals surface area contributed by atoms with Gasteiger partial charge in [-0.15, -0.1) is 0 Å². The second-order valence-electron chi connectivity index (χ2n) is 6.93. The average molecular weight is 407 g/mol. The highest BCUT2D eigenvalue weighted by molar-refractivity contribution is 6.16. The van der Waals surface area contributed by atoms with Gasteiger partial charge in [-0.25, -0.2) is 9.79 Å². The highest BCUT2D eigenvalue weighted by Gasteiger charge is 2.16. The third-order valence-corrected chi connectivity index (χ3v) is 4.95. The van der Waals surface area contributed by atoms with E-state index in [-0.39, 0.29) is 11.4 Å². The summed E-state index contributed by atoms with van der Waals surface area (Å²) < 4.78 is 5.02. The Morgan fingerprint density at radius 3 is 2.29 bits per heavy atom. The Hall–Kier alpha value is -4.18. The number of phenolic OH excluding ortho intramolecular Hbond substituents is 1. The van der Waals surface area contributed by atoms with Gasteiger partial charge in [-0.2, -0.15) is 0 Å². The van der Waals surface area contributed by atoms with Crippen molar-refractivity contribution in [2.45, 2.75) is 0 Å². The minimum Gasteiger partial charge on any atom is -0.507 e. The Balaban J connectivity index is 1.94. The molecule has 4 heteroatoms. The Kier molecular flexibility index (Phi) is 5.90. The van der Waals surface area contributed by atoms with Crippen molar-refractivity contribution in [3.8, 4) is 5.75 Å². The molecule has 0 aliphatic carbocycles. The normalized spacial score (nSPS) is 12.0. The maximum Gasteiger partial charge on any atom is 0.356 e. The summed E-state index contributed by atoms with van der Waals surface area (Å²) in [5.74, 6) is -0.476. The SMILES string of the molecule is COC(=O)/C(=C/c1cccc2ccccc12)N=C(c1ccccc1)c1ccccc1O. The molecule has 0 aliphatic rings. The topological polar surface area (TPSA) is 58.9 Å². The summed E-state index contributed by atoms with van der Waals surface area (Å²) in [6, 6.07) is 30.2. The molecular weight excluding hydrogens is 386 g/mol. The smallest absolute Gasteiger partial charge is 0.356 e. The van der Waals surface area contributed by atoms with Gasteiger partial charge in [-0.05, 0) is 34.5 Å². The molecule has 0 saturated carbocycles. The highest BCUT2D eigenvalue weighted by Crippen LogP contribution is 2.25. The zero-order valence-electron chi connectivity index (χ0n) is 17.0. The van der Waals surface area contributed by atoms with Crippen LogP contribution < -0.4 is 0 Å². The van der Waals surface area contributed by atoms with Crippen molar-refractivity contribution in [1.82, 2.24) is 0 Å². The molecule has 0 aliphatic heterocycles. The minimum atomic E-state index is -0.559. The molecule has 4 nitrogen and oxygen atoms in total. The summed E-state index contributed by atoms with van der Waals surface area (Å²) in [7, 11) is 1.33. The maximum absolute atomic E-state index is 12.7. The number of methoxy groups -OCH3 is 1. The fourth-order valence-electron chi connectivity index (χ4n) is 3.44. The van der Waals surface area contributed by atoms with E-state index < -0.39 is 5.97 Å². The van der Waals surface area contributed by atoms with E-state index in [0.717, 1.165) is 21.9 Å². The van der Waals surface area contributed by atoms with Gasteiger partial charge in [0.1, 0.15) is 11.4 Å². The average Bonchev–Trinajstić information content (AvgIpc) is 2.82. The molecule has 4 aromatic carbocycles. The van der Waals surface area contributed by atoms with Crippen LogP contribution in [0.2, 0.25) is 0 Å². The summed E-state index contributed by atoms with van der Waals surface area (Å²) in [5, 5.41) is 12.5. The number of benzene rings is 4. The summed E-state index contributed by atoms with van der Waals surface area (Å²) in [5.41, 5.74) is 2.78. The third-order valence-electron chi connectivity index (χ3n) is 4.95. The van der Waals surface area contributed by atoms with Crippen LogP contribution >= 0.6 is 0 Å². The predicted molar refractivity (Wildman–Crippen MR) is 124 cm³/mol. The second-order valence-corrected chi connectivity index (χ2v) is 6.93. The first-order valence-electron chi connectivity index (χ1n) is 9.87. The van der Waals surface area contributed by atoms with E-state index in [1.807, 2.05) is 78.9 Å². The van der Waals surface area contributed by atoms with Crippen molar-refractivity contribution < 1.29 is 14.6 Å². The molecule has 0 unspecified atom stereocenters. The Morgan fingerprint density at radius 1 is 0.839 bits per heavy atom. The molecule has 0 bridgehead atoms. The lowest BCUT2D eigenvalue weighted by Gasteiger charge is -2.11. The molecule has 0 atom stereocenters. The Labute approximate surface area is 180 Å². The van der Waals surface area contributed by atoms with Crippen LogP contribution in [0.4, 0.5) is 0 Å². The quantitative estimate of drug-likeness (QED) is 0.266. The van der Waals surface area contributed by atoms with Crippen molar-refractivity contribution in [2.75, 3.05) is 7.11 Å². The first-order valence-corrected chi connectivity index (χ1v) is 9.87. The summed E-state index contributed by atoms with van der Waals surface area (Å²) in [6.07, 6.45) is 1.72. The van der Waals surface area contributed by atoms with Crippen molar-refractivity contribution in [3.05, 3.63) is 119 Å². The van der Waals surface area contributed by atoms with E-state index in [9.17, 15) is 9.90 Å². The second kappa shape index (κ2) is 9.09. The number of fused-ring (bicyclic) bond motifs is 1. The highest BCUT2D eigenvalue weighted by atomic mass is 16.5. The zero-order chi connectivity index (χ0) is 21.6. The van der Waals surface area contributed by atoms with Crippen molar-refractivity contribution in [1.29, 1.82) is 0 Å². The van der Waals surface area contributed by atoms with Gasteiger partial charge < -0.3 is 9.84 Å². The maximum atomic E-state index is 12.7. The van der Waals surface area contributed by atoms with Crippen LogP contribution in [0.1, 0.15) is 16.7 Å². The fourth-order valence-corrected chi connectivity index (χ4v) is 3.44. The summed E-state index contributed by atoms with van der Waals surface area (Å²) in [6.45, 7) is 0. The van der Waals surface area contributed by atoms with E-state index in [0.29, 0.717) is 11.3 Å². The van der Waals surface area contributed by atoms with Gasteiger partial charge in [0.15, 0.2) is 0 Å². The molecule has 0 aromatic heterocycles. The van der Waals surface area contributed by atoms with Gasteiger partial charge in [0.25, 0.3) is 0 Å². The predicted octanol–water partition coefficient (Wildman–Crippen LogP) is 5.60. The lowest BCUT2D eigenvalue weighted by molar-refractivity contribution is -0.136. The van der Waals surface area contributed by atoms with Gasteiger partial charge in [-0.3, -0.25) is 0 Å². The van der Waals surface area contributed by atoms with Crippen molar-refractivity contribution in [3.63, 3.8) is 0 Å². The standard InChI is InChI=1S/C27H21NO3/c1-31-27(30)24(18-21-14-9-13-19-10-5-6-15-22(19)21)28-26(20-11-3-2-4-12-20)23-16-7-8-17-25(23)29/h2-18,29H,1H3/b24-18-,28-26?. The van der Waals surface area contributed by atoms with E-state index in [1.54, 1.807) is 24.3 Å². The molecule has 152 valence electrons. The van der Waals surface area contributed by atoms with Gasteiger partial charge >= 0.3 is 5.97 Å². The number of ether oxygens (including phenoxy) is 1.